The Morgan fingerprint density at radius 2 is 2.07 bits per heavy atom. The smallest absolute Gasteiger partial charge is 0.348 e. The zero-order chi connectivity index (χ0) is 19.1. The van der Waals surface area contributed by atoms with Crippen molar-refractivity contribution in [2.24, 2.45) is 0 Å². The van der Waals surface area contributed by atoms with E-state index in [1.54, 1.807) is 24.4 Å². The van der Waals surface area contributed by atoms with Gasteiger partial charge >= 0.3 is 5.69 Å². The van der Waals surface area contributed by atoms with Crippen LogP contribution in [0.15, 0.2) is 35.3 Å². The normalized spacial score (nSPS) is 15.1. The summed E-state index contributed by atoms with van der Waals surface area (Å²) in [7, 11) is 0. The zero-order valence-electron chi connectivity index (χ0n) is 14.5. The Labute approximate surface area is 164 Å². The average molecular weight is 406 g/mol. The van der Waals surface area contributed by atoms with Crippen LogP contribution in [0.5, 0.6) is 0 Å². The molecule has 2 aromatic heterocycles. The Balaban J connectivity index is 1.49. The maximum absolute atomic E-state index is 12.4. The van der Waals surface area contributed by atoms with Crippen LogP contribution in [0.4, 0.5) is 0 Å². The van der Waals surface area contributed by atoms with Crippen LogP contribution < -0.4 is 11.0 Å². The van der Waals surface area contributed by atoms with E-state index >= 15 is 0 Å². The van der Waals surface area contributed by atoms with E-state index in [-0.39, 0.29) is 18.5 Å². The second-order valence-corrected chi connectivity index (χ2v) is 7.51. The number of hydrogen-bond acceptors (Lipinski definition) is 4. The molecular weight excluding hydrogens is 389 g/mol. The molecule has 2 heterocycles. The molecule has 27 heavy (non-hydrogen) atoms. The van der Waals surface area contributed by atoms with Gasteiger partial charge < -0.3 is 5.32 Å². The van der Waals surface area contributed by atoms with Gasteiger partial charge in [0.1, 0.15) is 6.54 Å². The number of halogens is 2. The van der Waals surface area contributed by atoms with E-state index in [2.05, 4.69) is 15.4 Å². The van der Waals surface area contributed by atoms with E-state index in [1.165, 1.54) is 4.40 Å². The number of carbonyl (C=O) groups is 1. The first-order chi connectivity index (χ1) is 12.9. The Kier molecular flexibility index (Phi) is 4.65. The number of carbonyl (C=O) groups excluding carboxylic acids is 1. The minimum Gasteiger partial charge on any atom is -0.348 e. The van der Waals surface area contributed by atoms with Crippen LogP contribution in [0.2, 0.25) is 10.0 Å². The molecule has 4 rings (SSSR count). The Morgan fingerprint density at radius 3 is 2.78 bits per heavy atom. The van der Waals surface area contributed by atoms with Crippen LogP contribution in [0, 0.1) is 0 Å². The number of fused-ring (bicyclic) bond motifs is 1. The number of nitrogens with zero attached hydrogens (tertiary/aromatic N) is 4. The van der Waals surface area contributed by atoms with Crippen molar-refractivity contribution in [1.82, 2.24) is 24.5 Å². The van der Waals surface area contributed by atoms with Gasteiger partial charge in [-0.2, -0.15) is 0 Å². The third kappa shape index (κ3) is 3.70. The van der Waals surface area contributed by atoms with Crippen LogP contribution in [0.3, 0.4) is 0 Å². The molecule has 1 aliphatic rings. The van der Waals surface area contributed by atoms with E-state index in [1.807, 2.05) is 13.0 Å². The molecule has 1 fully saturated rings. The van der Waals surface area contributed by atoms with Crippen molar-refractivity contribution in [2.45, 2.75) is 38.3 Å². The van der Waals surface area contributed by atoms with Crippen molar-refractivity contribution < 1.29 is 4.79 Å². The molecule has 0 radical (unpaired) electrons. The number of benzene rings is 1. The fourth-order valence-corrected chi connectivity index (χ4v) is 3.22. The SMILES string of the molecule is C[C@H](NC(=O)Cn1nc2nc(C3CC3)ccn2c1=O)c1ccc(Cl)c(Cl)c1. The van der Waals surface area contributed by atoms with Crippen molar-refractivity contribution in [3.8, 4) is 0 Å². The highest BCUT2D eigenvalue weighted by molar-refractivity contribution is 6.42. The molecule has 1 saturated carbocycles. The Hall–Kier alpha value is -2.38. The summed E-state index contributed by atoms with van der Waals surface area (Å²) in [5, 5.41) is 7.89. The molecule has 1 N–H and O–H groups in total. The van der Waals surface area contributed by atoms with Gasteiger partial charge in [0.25, 0.3) is 5.78 Å². The fourth-order valence-electron chi connectivity index (χ4n) is 2.92. The van der Waals surface area contributed by atoms with Gasteiger partial charge in [0.15, 0.2) is 0 Å². The van der Waals surface area contributed by atoms with Crippen molar-refractivity contribution in [1.29, 1.82) is 0 Å². The van der Waals surface area contributed by atoms with Gasteiger partial charge in [0, 0.05) is 17.8 Å². The highest BCUT2D eigenvalue weighted by Gasteiger charge is 2.25. The maximum atomic E-state index is 12.4. The monoisotopic (exact) mass is 405 g/mol. The van der Waals surface area contributed by atoms with E-state index < -0.39 is 5.69 Å². The largest absolute Gasteiger partial charge is 0.352 e. The molecule has 1 atom stereocenters. The van der Waals surface area contributed by atoms with Gasteiger partial charge in [-0.3, -0.25) is 4.79 Å². The van der Waals surface area contributed by atoms with Crippen molar-refractivity contribution in [3.63, 3.8) is 0 Å². The molecule has 7 nitrogen and oxygen atoms in total. The maximum Gasteiger partial charge on any atom is 0.352 e. The predicted octanol–water partition coefficient (Wildman–Crippen LogP) is 2.95. The minimum absolute atomic E-state index is 0.188. The van der Waals surface area contributed by atoms with Crippen LogP contribution in [-0.2, 0) is 11.3 Å². The quantitative estimate of drug-likeness (QED) is 0.707. The summed E-state index contributed by atoms with van der Waals surface area (Å²) in [4.78, 5) is 29.2. The second kappa shape index (κ2) is 6.98. The van der Waals surface area contributed by atoms with Gasteiger partial charge in [0.05, 0.1) is 16.1 Å². The third-order valence-electron chi connectivity index (χ3n) is 4.59. The van der Waals surface area contributed by atoms with E-state index in [0.717, 1.165) is 28.8 Å². The summed E-state index contributed by atoms with van der Waals surface area (Å²) >= 11 is 11.9. The summed E-state index contributed by atoms with van der Waals surface area (Å²) in [6.45, 7) is 1.64. The number of aromatic nitrogens is 4. The molecular formula is C18H17Cl2N5O2. The van der Waals surface area contributed by atoms with Crippen molar-refractivity contribution in [2.75, 3.05) is 0 Å². The number of hydrogen-bond donors (Lipinski definition) is 1. The average Bonchev–Trinajstić information content (AvgIpc) is 3.43. The molecule has 0 spiro atoms. The lowest BCUT2D eigenvalue weighted by molar-refractivity contribution is -0.122. The summed E-state index contributed by atoms with van der Waals surface area (Å²) in [6, 6.07) is 6.72. The summed E-state index contributed by atoms with van der Waals surface area (Å²) < 4.78 is 2.47. The lowest BCUT2D eigenvalue weighted by atomic mass is 10.1. The standard InChI is InChI=1S/C18H17Cl2N5O2/c1-10(12-4-5-13(19)14(20)8-12)21-16(26)9-25-18(27)24-7-6-15(11-2-3-11)22-17(24)23-25/h4-8,10-11H,2-3,9H2,1H3,(H,21,26)/t10-/m0/s1. The molecule has 1 amide bonds. The lowest BCUT2D eigenvalue weighted by Gasteiger charge is -2.14. The molecule has 9 heteroatoms. The first-order valence-corrected chi connectivity index (χ1v) is 9.38. The molecule has 140 valence electrons. The number of nitrogens with one attached hydrogen (secondary N) is 1. The van der Waals surface area contributed by atoms with Gasteiger partial charge in [-0.05, 0) is 43.5 Å². The van der Waals surface area contributed by atoms with Crippen LogP contribution >= 0.6 is 23.2 Å². The zero-order valence-corrected chi connectivity index (χ0v) is 16.0. The highest BCUT2D eigenvalue weighted by atomic mass is 35.5. The van der Waals surface area contributed by atoms with Crippen LogP contribution in [0.25, 0.3) is 5.78 Å². The summed E-state index contributed by atoms with van der Waals surface area (Å²) in [6.07, 6.45) is 3.89. The number of amides is 1. The molecule has 3 aromatic rings. The number of rotatable bonds is 5. The van der Waals surface area contributed by atoms with E-state index in [4.69, 9.17) is 23.2 Å². The predicted molar refractivity (Wildman–Crippen MR) is 102 cm³/mol. The third-order valence-corrected chi connectivity index (χ3v) is 5.33. The molecule has 0 aliphatic heterocycles. The van der Waals surface area contributed by atoms with Crippen LogP contribution in [0.1, 0.15) is 43.0 Å². The van der Waals surface area contributed by atoms with E-state index in [9.17, 15) is 9.59 Å². The second-order valence-electron chi connectivity index (χ2n) is 6.70. The van der Waals surface area contributed by atoms with Gasteiger partial charge in [-0.25, -0.2) is 18.9 Å². The minimum atomic E-state index is -0.391. The van der Waals surface area contributed by atoms with E-state index in [0.29, 0.717) is 21.7 Å². The Bertz CT molecular complexity index is 1090. The van der Waals surface area contributed by atoms with Gasteiger partial charge in [-0.15, -0.1) is 5.10 Å². The summed E-state index contributed by atoms with van der Waals surface area (Å²) in [5.41, 5.74) is 1.37. The van der Waals surface area contributed by atoms with Crippen molar-refractivity contribution >= 4 is 34.9 Å². The lowest BCUT2D eigenvalue weighted by Crippen LogP contribution is -2.34. The van der Waals surface area contributed by atoms with Gasteiger partial charge in [-0.1, -0.05) is 29.3 Å². The Morgan fingerprint density at radius 1 is 1.30 bits per heavy atom. The first kappa shape index (κ1) is 18.0. The topological polar surface area (TPSA) is 81.3 Å². The molecule has 0 saturated heterocycles. The highest BCUT2D eigenvalue weighted by Crippen LogP contribution is 2.38. The molecule has 1 aliphatic carbocycles. The fraction of sp³-hybridized carbons (Fsp3) is 0.333. The van der Waals surface area contributed by atoms with Crippen molar-refractivity contribution in [3.05, 3.63) is 62.2 Å². The summed E-state index contributed by atoms with van der Waals surface area (Å²) in [5.74, 6) is 0.446. The van der Waals surface area contributed by atoms with Crippen LogP contribution in [-0.4, -0.2) is 25.1 Å². The molecule has 0 unspecified atom stereocenters. The molecule has 1 aromatic carbocycles. The van der Waals surface area contributed by atoms with Gasteiger partial charge in [0.2, 0.25) is 5.91 Å². The molecule has 0 bridgehead atoms. The first-order valence-electron chi connectivity index (χ1n) is 8.63.